The minimum absolute atomic E-state index is 0. The van der Waals surface area contributed by atoms with Crippen LogP contribution in [-0.4, -0.2) is 68.7 Å². The second-order valence-electron chi connectivity index (χ2n) is 7.55. The number of likely N-dealkylation sites (tertiary alicyclic amines) is 2. The molecule has 0 aliphatic carbocycles. The summed E-state index contributed by atoms with van der Waals surface area (Å²) in [4.78, 5) is 9.54. The molecular weight excluding hydrogens is 451 g/mol. The second-order valence-corrected chi connectivity index (χ2v) is 7.55. The van der Waals surface area contributed by atoms with Gasteiger partial charge in [0, 0.05) is 33.2 Å². The first kappa shape index (κ1) is 22.3. The molecule has 152 valence electrons. The molecule has 0 radical (unpaired) electrons. The van der Waals surface area contributed by atoms with Crippen molar-refractivity contribution >= 4 is 29.9 Å². The summed E-state index contributed by atoms with van der Waals surface area (Å²) in [6.45, 7) is 9.82. The Balaban J connectivity index is 0.00000261. The van der Waals surface area contributed by atoms with Gasteiger partial charge < -0.3 is 19.9 Å². The van der Waals surface area contributed by atoms with E-state index in [0.717, 1.165) is 50.3 Å². The van der Waals surface area contributed by atoms with Gasteiger partial charge in [-0.1, -0.05) is 18.2 Å². The quantitative estimate of drug-likeness (QED) is 0.278. The molecule has 2 aliphatic heterocycles. The Hall–Kier alpha value is -1.02. The van der Waals surface area contributed by atoms with Crippen molar-refractivity contribution in [1.29, 1.82) is 0 Å². The smallest absolute Gasteiger partial charge is 0.193 e. The lowest BCUT2D eigenvalue weighted by Gasteiger charge is -2.23. The molecule has 5 nitrogen and oxygen atoms in total. The van der Waals surface area contributed by atoms with Gasteiger partial charge in [0.05, 0.1) is 6.61 Å². The van der Waals surface area contributed by atoms with Crippen LogP contribution in [0, 0.1) is 12.8 Å². The zero-order chi connectivity index (χ0) is 18.2. The van der Waals surface area contributed by atoms with Crippen LogP contribution in [0.1, 0.15) is 31.2 Å². The van der Waals surface area contributed by atoms with Crippen LogP contribution in [0.25, 0.3) is 0 Å². The van der Waals surface area contributed by atoms with Crippen molar-refractivity contribution in [1.82, 2.24) is 15.1 Å². The van der Waals surface area contributed by atoms with Gasteiger partial charge in [0.25, 0.3) is 0 Å². The van der Waals surface area contributed by atoms with Gasteiger partial charge in [0.1, 0.15) is 5.75 Å². The van der Waals surface area contributed by atoms with Crippen molar-refractivity contribution in [3.63, 3.8) is 0 Å². The van der Waals surface area contributed by atoms with Crippen LogP contribution in [0.4, 0.5) is 0 Å². The third kappa shape index (κ3) is 6.82. The lowest BCUT2D eigenvalue weighted by Crippen LogP contribution is -2.41. The Bertz CT molecular complexity index is 589. The molecule has 1 aromatic rings. The fourth-order valence-corrected chi connectivity index (χ4v) is 4.01. The number of hydrogen-bond donors (Lipinski definition) is 1. The number of para-hydroxylation sites is 1. The molecule has 6 heteroatoms. The molecule has 2 fully saturated rings. The fraction of sp³-hybridized carbons (Fsp3) is 0.667. The molecule has 27 heavy (non-hydrogen) atoms. The summed E-state index contributed by atoms with van der Waals surface area (Å²) in [6, 6.07) is 8.18. The Labute approximate surface area is 181 Å². The van der Waals surface area contributed by atoms with Crippen LogP contribution in [-0.2, 0) is 0 Å². The van der Waals surface area contributed by atoms with Crippen LogP contribution >= 0.6 is 24.0 Å². The third-order valence-electron chi connectivity index (χ3n) is 5.47. The number of guanidine groups is 1. The standard InChI is InChI=1S/C21H34N4O.HI/c1-18-8-3-4-9-20(18)26-15-7-11-23-21(22-2)25-14-10-19(17-25)16-24-12-5-6-13-24;/h3-4,8-9,19H,5-7,10-17H2,1-2H3,(H,22,23);1H. The lowest BCUT2D eigenvalue weighted by atomic mass is 10.1. The van der Waals surface area contributed by atoms with Crippen molar-refractivity contribution in [3.05, 3.63) is 29.8 Å². The van der Waals surface area contributed by atoms with E-state index in [4.69, 9.17) is 4.74 Å². The maximum Gasteiger partial charge on any atom is 0.193 e. The van der Waals surface area contributed by atoms with Crippen molar-refractivity contribution in [2.24, 2.45) is 10.9 Å². The van der Waals surface area contributed by atoms with Crippen LogP contribution in [0.5, 0.6) is 5.75 Å². The highest BCUT2D eigenvalue weighted by molar-refractivity contribution is 14.0. The zero-order valence-electron chi connectivity index (χ0n) is 16.8. The average molecular weight is 486 g/mol. The lowest BCUT2D eigenvalue weighted by molar-refractivity contribution is 0.280. The molecule has 0 amide bonds. The Morgan fingerprint density at radius 1 is 1.22 bits per heavy atom. The number of rotatable bonds is 7. The number of hydrogen-bond acceptors (Lipinski definition) is 3. The number of nitrogens with zero attached hydrogens (tertiary/aromatic N) is 3. The molecule has 2 saturated heterocycles. The largest absolute Gasteiger partial charge is 0.493 e. The molecule has 0 aromatic heterocycles. The molecule has 2 heterocycles. The normalized spacial score (nSPS) is 20.6. The minimum atomic E-state index is 0. The summed E-state index contributed by atoms with van der Waals surface area (Å²) >= 11 is 0. The molecule has 3 rings (SSSR count). The molecular formula is C21H35IN4O. The molecule has 1 aromatic carbocycles. The van der Waals surface area contributed by atoms with Gasteiger partial charge in [-0.3, -0.25) is 4.99 Å². The minimum Gasteiger partial charge on any atom is -0.493 e. The van der Waals surface area contributed by atoms with E-state index in [1.807, 2.05) is 25.2 Å². The number of nitrogens with one attached hydrogen (secondary N) is 1. The summed E-state index contributed by atoms with van der Waals surface area (Å²) < 4.78 is 5.87. The van der Waals surface area contributed by atoms with E-state index in [0.29, 0.717) is 0 Å². The van der Waals surface area contributed by atoms with Crippen molar-refractivity contribution in [3.8, 4) is 5.75 Å². The Kier molecular flexibility index (Phi) is 9.68. The van der Waals surface area contributed by atoms with Crippen LogP contribution in [0.15, 0.2) is 29.3 Å². The van der Waals surface area contributed by atoms with Crippen LogP contribution in [0.2, 0.25) is 0 Å². The Morgan fingerprint density at radius 2 is 2.00 bits per heavy atom. The van der Waals surface area contributed by atoms with Gasteiger partial charge in [-0.15, -0.1) is 24.0 Å². The summed E-state index contributed by atoms with van der Waals surface area (Å²) in [5.41, 5.74) is 1.19. The first-order chi connectivity index (χ1) is 12.8. The van der Waals surface area contributed by atoms with E-state index < -0.39 is 0 Å². The predicted molar refractivity (Wildman–Crippen MR) is 123 cm³/mol. The number of halogens is 1. The SMILES string of the molecule is CN=C(NCCCOc1ccccc1C)N1CCC(CN2CCCC2)C1.I. The van der Waals surface area contributed by atoms with Gasteiger partial charge in [-0.2, -0.15) is 0 Å². The first-order valence-corrected chi connectivity index (χ1v) is 10.1. The number of ether oxygens (including phenoxy) is 1. The summed E-state index contributed by atoms with van der Waals surface area (Å²) in [7, 11) is 1.89. The van der Waals surface area contributed by atoms with Crippen molar-refractivity contribution in [2.45, 2.75) is 32.6 Å². The highest BCUT2D eigenvalue weighted by Crippen LogP contribution is 2.20. The van der Waals surface area contributed by atoms with E-state index in [9.17, 15) is 0 Å². The highest BCUT2D eigenvalue weighted by Gasteiger charge is 2.27. The molecule has 0 saturated carbocycles. The average Bonchev–Trinajstić information content (AvgIpc) is 3.32. The topological polar surface area (TPSA) is 40.1 Å². The van der Waals surface area contributed by atoms with Gasteiger partial charge >= 0.3 is 0 Å². The molecule has 1 unspecified atom stereocenters. The van der Waals surface area contributed by atoms with Crippen molar-refractivity contribution in [2.75, 3.05) is 52.9 Å². The van der Waals surface area contributed by atoms with E-state index in [-0.39, 0.29) is 24.0 Å². The maximum atomic E-state index is 5.87. The van der Waals surface area contributed by atoms with Gasteiger partial charge in [-0.25, -0.2) is 0 Å². The predicted octanol–water partition coefficient (Wildman–Crippen LogP) is 3.38. The molecule has 0 bridgehead atoms. The summed E-state index contributed by atoms with van der Waals surface area (Å²) in [5.74, 6) is 2.82. The molecule has 1 atom stereocenters. The highest BCUT2D eigenvalue weighted by atomic mass is 127. The van der Waals surface area contributed by atoms with Gasteiger partial charge in [0.2, 0.25) is 0 Å². The van der Waals surface area contributed by atoms with Gasteiger partial charge in [-0.05, 0) is 63.2 Å². The summed E-state index contributed by atoms with van der Waals surface area (Å²) in [6.07, 6.45) is 5.01. The fourth-order valence-electron chi connectivity index (χ4n) is 4.01. The number of aliphatic imine (C=N–C) groups is 1. The number of benzene rings is 1. The second kappa shape index (κ2) is 11.7. The van der Waals surface area contributed by atoms with Gasteiger partial charge in [0.15, 0.2) is 5.96 Å². The Morgan fingerprint density at radius 3 is 2.74 bits per heavy atom. The van der Waals surface area contributed by atoms with E-state index in [1.54, 1.807) is 0 Å². The third-order valence-corrected chi connectivity index (χ3v) is 5.47. The number of aryl methyl sites for hydroxylation is 1. The monoisotopic (exact) mass is 486 g/mol. The van der Waals surface area contributed by atoms with Crippen LogP contribution in [0.3, 0.4) is 0 Å². The molecule has 2 aliphatic rings. The zero-order valence-corrected chi connectivity index (χ0v) is 19.2. The van der Waals surface area contributed by atoms with Crippen LogP contribution < -0.4 is 10.1 Å². The van der Waals surface area contributed by atoms with E-state index >= 15 is 0 Å². The first-order valence-electron chi connectivity index (χ1n) is 10.1. The maximum absolute atomic E-state index is 5.87. The molecule has 1 N–H and O–H groups in total. The van der Waals surface area contributed by atoms with E-state index in [2.05, 4.69) is 33.1 Å². The van der Waals surface area contributed by atoms with Crippen molar-refractivity contribution < 1.29 is 4.74 Å². The summed E-state index contributed by atoms with van der Waals surface area (Å²) in [5, 5.41) is 3.51. The molecule has 0 spiro atoms. The van der Waals surface area contributed by atoms with E-state index in [1.165, 1.54) is 44.5 Å².